The Bertz CT molecular complexity index is 589. The van der Waals surface area contributed by atoms with Crippen molar-refractivity contribution in [1.82, 2.24) is 4.98 Å². The molecule has 100 valence electrons. The Balaban J connectivity index is 1.82. The number of anilines is 1. The smallest absolute Gasteiger partial charge is 0.303 e. The topological polar surface area (TPSA) is 82.2 Å². The van der Waals surface area contributed by atoms with E-state index in [9.17, 15) is 9.59 Å². The van der Waals surface area contributed by atoms with Gasteiger partial charge in [-0.1, -0.05) is 0 Å². The number of benzene rings is 1. The maximum Gasteiger partial charge on any atom is 0.303 e. The SMILES string of the molecule is O=C(O)CCCCC(=O)Nc1ccc2[nH]ccc2c1. The van der Waals surface area contributed by atoms with E-state index in [2.05, 4.69) is 10.3 Å². The molecule has 2 rings (SSSR count). The Labute approximate surface area is 110 Å². The van der Waals surface area contributed by atoms with Gasteiger partial charge in [-0.15, -0.1) is 0 Å². The van der Waals surface area contributed by atoms with Crippen molar-refractivity contribution in [2.45, 2.75) is 25.7 Å². The summed E-state index contributed by atoms with van der Waals surface area (Å²) >= 11 is 0. The first kappa shape index (κ1) is 13.1. The van der Waals surface area contributed by atoms with Crippen LogP contribution in [0.1, 0.15) is 25.7 Å². The average molecular weight is 260 g/mol. The van der Waals surface area contributed by atoms with Gasteiger partial charge >= 0.3 is 5.97 Å². The Morgan fingerprint density at radius 2 is 1.95 bits per heavy atom. The number of aromatic nitrogens is 1. The van der Waals surface area contributed by atoms with E-state index in [0.717, 1.165) is 16.6 Å². The predicted molar refractivity (Wildman–Crippen MR) is 73.0 cm³/mol. The number of nitrogens with one attached hydrogen (secondary N) is 2. The molecule has 2 aromatic rings. The van der Waals surface area contributed by atoms with Crippen molar-refractivity contribution in [2.75, 3.05) is 5.32 Å². The van der Waals surface area contributed by atoms with Gasteiger partial charge in [-0.2, -0.15) is 0 Å². The molecule has 1 aromatic heterocycles. The molecule has 19 heavy (non-hydrogen) atoms. The van der Waals surface area contributed by atoms with Crippen molar-refractivity contribution in [2.24, 2.45) is 0 Å². The number of aromatic amines is 1. The zero-order chi connectivity index (χ0) is 13.7. The van der Waals surface area contributed by atoms with E-state index in [0.29, 0.717) is 19.3 Å². The molecule has 1 heterocycles. The summed E-state index contributed by atoms with van der Waals surface area (Å²) in [5.41, 5.74) is 1.79. The molecular formula is C14H16N2O3. The third-order valence-electron chi connectivity index (χ3n) is 2.88. The molecule has 5 heteroatoms. The van der Waals surface area contributed by atoms with Gasteiger partial charge in [0.15, 0.2) is 0 Å². The number of hydrogen-bond acceptors (Lipinski definition) is 2. The molecular weight excluding hydrogens is 244 g/mol. The Hall–Kier alpha value is -2.30. The van der Waals surface area contributed by atoms with Crippen LogP contribution >= 0.6 is 0 Å². The van der Waals surface area contributed by atoms with Gasteiger partial charge in [-0.25, -0.2) is 0 Å². The molecule has 1 aromatic carbocycles. The number of carboxylic acid groups (broad SMARTS) is 1. The van der Waals surface area contributed by atoms with E-state index in [1.165, 1.54) is 0 Å². The number of unbranched alkanes of at least 4 members (excludes halogenated alkanes) is 1. The molecule has 0 saturated heterocycles. The van der Waals surface area contributed by atoms with Gasteiger partial charge in [-0.3, -0.25) is 9.59 Å². The molecule has 0 spiro atoms. The summed E-state index contributed by atoms with van der Waals surface area (Å²) in [5.74, 6) is -0.904. The minimum atomic E-state index is -0.821. The van der Waals surface area contributed by atoms with Gasteiger partial charge in [0.1, 0.15) is 0 Å². The first-order valence-corrected chi connectivity index (χ1v) is 6.24. The van der Waals surface area contributed by atoms with Crippen LogP contribution in [-0.4, -0.2) is 22.0 Å². The van der Waals surface area contributed by atoms with Crippen LogP contribution in [0.4, 0.5) is 5.69 Å². The first-order chi connectivity index (χ1) is 9.15. The van der Waals surface area contributed by atoms with E-state index >= 15 is 0 Å². The number of carboxylic acids is 1. The Morgan fingerprint density at radius 3 is 2.74 bits per heavy atom. The van der Waals surface area contributed by atoms with Crippen LogP contribution in [0.25, 0.3) is 10.9 Å². The van der Waals surface area contributed by atoms with Crippen molar-refractivity contribution in [3.05, 3.63) is 30.5 Å². The molecule has 0 bridgehead atoms. The second-order valence-corrected chi connectivity index (χ2v) is 4.43. The summed E-state index contributed by atoms with van der Waals surface area (Å²) in [5, 5.41) is 12.3. The zero-order valence-corrected chi connectivity index (χ0v) is 10.5. The molecule has 0 aliphatic rings. The maximum atomic E-state index is 11.7. The lowest BCUT2D eigenvalue weighted by atomic mass is 10.2. The minimum Gasteiger partial charge on any atom is -0.481 e. The lowest BCUT2D eigenvalue weighted by molar-refractivity contribution is -0.137. The van der Waals surface area contributed by atoms with Gasteiger partial charge in [0.25, 0.3) is 0 Å². The largest absolute Gasteiger partial charge is 0.481 e. The quantitative estimate of drug-likeness (QED) is 0.698. The highest BCUT2D eigenvalue weighted by atomic mass is 16.4. The standard InChI is InChI=1S/C14H16N2O3/c17-13(3-1-2-4-14(18)19)16-11-5-6-12-10(9-11)7-8-15-12/h5-9,15H,1-4H2,(H,16,17)(H,18,19). The number of carbonyl (C=O) groups excluding carboxylic acids is 1. The normalized spacial score (nSPS) is 10.5. The highest BCUT2D eigenvalue weighted by Gasteiger charge is 2.04. The molecule has 0 atom stereocenters. The van der Waals surface area contributed by atoms with E-state index in [-0.39, 0.29) is 12.3 Å². The van der Waals surface area contributed by atoms with Crippen molar-refractivity contribution in [1.29, 1.82) is 0 Å². The lowest BCUT2D eigenvalue weighted by Gasteiger charge is -2.05. The third-order valence-corrected chi connectivity index (χ3v) is 2.88. The highest BCUT2D eigenvalue weighted by molar-refractivity contribution is 5.93. The van der Waals surface area contributed by atoms with Crippen molar-refractivity contribution in [3.63, 3.8) is 0 Å². The van der Waals surface area contributed by atoms with Crippen LogP contribution in [0.15, 0.2) is 30.5 Å². The van der Waals surface area contributed by atoms with Gasteiger partial charge in [-0.05, 0) is 37.1 Å². The molecule has 0 aliphatic heterocycles. The van der Waals surface area contributed by atoms with Crippen molar-refractivity contribution >= 4 is 28.5 Å². The Morgan fingerprint density at radius 1 is 1.16 bits per heavy atom. The fraction of sp³-hybridized carbons (Fsp3) is 0.286. The fourth-order valence-corrected chi connectivity index (χ4v) is 1.92. The van der Waals surface area contributed by atoms with Crippen molar-refractivity contribution < 1.29 is 14.7 Å². The summed E-state index contributed by atoms with van der Waals surface area (Å²) in [4.78, 5) is 25.1. The van der Waals surface area contributed by atoms with Gasteiger partial charge < -0.3 is 15.4 Å². The molecule has 1 amide bonds. The second kappa shape index (κ2) is 6.04. The van der Waals surface area contributed by atoms with E-state index < -0.39 is 5.97 Å². The van der Waals surface area contributed by atoms with E-state index in [1.54, 1.807) is 0 Å². The molecule has 0 saturated carbocycles. The average Bonchev–Trinajstić information content (AvgIpc) is 2.82. The molecule has 0 radical (unpaired) electrons. The summed E-state index contributed by atoms with van der Waals surface area (Å²) in [6.07, 6.45) is 3.42. The lowest BCUT2D eigenvalue weighted by Crippen LogP contribution is -2.11. The summed E-state index contributed by atoms with van der Waals surface area (Å²) in [6, 6.07) is 7.60. The van der Waals surface area contributed by atoms with Gasteiger partial charge in [0.2, 0.25) is 5.91 Å². The van der Waals surface area contributed by atoms with Crippen LogP contribution in [0, 0.1) is 0 Å². The number of amides is 1. The van der Waals surface area contributed by atoms with Crippen LogP contribution < -0.4 is 5.32 Å². The van der Waals surface area contributed by atoms with Crippen LogP contribution in [0.2, 0.25) is 0 Å². The van der Waals surface area contributed by atoms with E-state index in [1.807, 2.05) is 30.5 Å². The first-order valence-electron chi connectivity index (χ1n) is 6.24. The van der Waals surface area contributed by atoms with Gasteiger partial charge in [0, 0.05) is 35.6 Å². The fourth-order valence-electron chi connectivity index (χ4n) is 1.92. The Kier molecular flexibility index (Phi) is 4.18. The van der Waals surface area contributed by atoms with Crippen LogP contribution in [-0.2, 0) is 9.59 Å². The zero-order valence-electron chi connectivity index (χ0n) is 10.5. The predicted octanol–water partition coefficient (Wildman–Crippen LogP) is 2.75. The monoisotopic (exact) mass is 260 g/mol. The second-order valence-electron chi connectivity index (χ2n) is 4.43. The molecule has 0 aliphatic carbocycles. The number of hydrogen-bond donors (Lipinski definition) is 3. The molecule has 3 N–H and O–H groups in total. The summed E-state index contributed by atoms with van der Waals surface area (Å²) < 4.78 is 0. The van der Waals surface area contributed by atoms with Crippen molar-refractivity contribution in [3.8, 4) is 0 Å². The van der Waals surface area contributed by atoms with Crippen LogP contribution in [0.5, 0.6) is 0 Å². The maximum absolute atomic E-state index is 11.7. The molecule has 5 nitrogen and oxygen atoms in total. The minimum absolute atomic E-state index is 0.0831. The number of carbonyl (C=O) groups is 2. The van der Waals surface area contributed by atoms with Crippen LogP contribution in [0.3, 0.4) is 0 Å². The summed E-state index contributed by atoms with van der Waals surface area (Å²) in [6.45, 7) is 0. The highest BCUT2D eigenvalue weighted by Crippen LogP contribution is 2.18. The molecule has 0 unspecified atom stereocenters. The number of aliphatic carboxylic acids is 1. The third kappa shape index (κ3) is 3.84. The number of fused-ring (bicyclic) bond motifs is 1. The van der Waals surface area contributed by atoms with Gasteiger partial charge in [0.05, 0.1) is 0 Å². The van der Waals surface area contributed by atoms with E-state index in [4.69, 9.17) is 5.11 Å². The summed E-state index contributed by atoms with van der Waals surface area (Å²) in [7, 11) is 0. The molecule has 0 fully saturated rings. The number of rotatable bonds is 6. The number of H-pyrrole nitrogens is 1.